The molecule has 1 fully saturated rings. The predicted octanol–water partition coefficient (Wildman–Crippen LogP) is 2.99. The highest BCUT2D eigenvalue weighted by atomic mass is 19.1. The topological polar surface area (TPSA) is 53.0 Å². The van der Waals surface area contributed by atoms with E-state index in [2.05, 4.69) is 9.80 Å². The Labute approximate surface area is 153 Å². The predicted molar refractivity (Wildman–Crippen MR) is 96.8 cm³/mol. The van der Waals surface area contributed by atoms with Crippen molar-refractivity contribution in [1.29, 1.82) is 0 Å². The first-order chi connectivity index (χ1) is 12.5. The van der Waals surface area contributed by atoms with Gasteiger partial charge >= 0.3 is 5.97 Å². The van der Waals surface area contributed by atoms with Gasteiger partial charge in [-0.2, -0.15) is 0 Å². The number of carboxylic acid groups (broad SMARTS) is 1. The van der Waals surface area contributed by atoms with Crippen molar-refractivity contribution in [3.8, 4) is 0 Å². The summed E-state index contributed by atoms with van der Waals surface area (Å²) in [5.74, 6) is -1.20. The molecule has 6 heteroatoms. The Morgan fingerprint density at radius 1 is 1.35 bits per heavy atom. The number of morpholine rings is 1. The molecule has 1 atom stereocenters. The third-order valence-electron chi connectivity index (χ3n) is 4.96. The third kappa shape index (κ3) is 3.81. The smallest absolute Gasteiger partial charge is 0.337 e. The largest absolute Gasteiger partial charge is 0.478 e. The van der Waals surface area contributed by atoms with Crippen LogP contribution >= 0.6 is 0 Å². The summed E-state index contributed by atoms with van der Waals surface area (Å²) in [7, 11) is 0. The molecular formula is C20H25FN2O3. The highest BCUT2D eigenvalue weighted by Crippen LogP contribution is 2.32. The number of carbonyl (C=O) groups is 1. The lowest BCUT2D eigenvalue weighted by Crippen LogP contribution is -2.52. The number of carboxylic acids is 1. The maximum Gasteiger partial charge on any atom is 0.337 e. The van der Waals surface area contributed by atoms with Gasteiger partial charge in [-0.05, 0) is 42.7 Å². The summed E-state index contributed by atoms with van der Waals surface area (Å²) in [4.78, 5) is 16.2. The van der Waals surface area contributed by atoms with E-state index in [0.29, 0.717) is 31.8 Å². The molecule has 0 radical (unpaired) electrons. The molecule has 0 saturated carbocycles. The van der Waals surface area contributed by atoms with Crippen LogP contribution in [-0.4, -0.2) is 53.3 Å². The Bertz CT molecular complexity index is 738. The lowest BCUT2D eigenvalue weighted by molar-refractivity contribution is -0.132. The number of allylic oxidation sites excluding steroid dienone is 1. The Morgan fingerprint density at radius 2 is 2.08 bits per heavy atom. The Balaban J connectivity index is 2.00. The number of ether oxygens (including phenoxy) is 1. The normalized spacial score (nSPS) is 21.7. The van der Waals surface area contributed by atoms with Crippen molar-refractivity contribution in [2.24, 2.45) is 0 Å². The van der Waals surface area contributed by atoms with Gasteiger partial charge < -0.3 is 14.7 Å². The van der Waals surface area contributed by atoms with Gasteiger partial charge in [0.25, 0.3) is 0 Å². The van der Waals surface area contributed by atoms with Crippen molar-refractivity contribution < 1.29 is 19.0 Å². The zero-order valence-corrected chi connectivity index (χ0v) is 15.2. The molecule has 2 aliphatic heterocycles. The quantitative estimate of drug-likeness (QED) is 0.875. The van der Waals surface area contributed by atoms with Gasteiger partial charge in [-0.3, -0.25) is 4.90 Å². The second kappa shape index (κ2) is 8.01. The van der Waals surface area contributed by atoms with E-state index in [1.807, 2.05) is 26.0 Å². The molecule has 1 saturated heterocycles. The summed E-state index contributed by atoms with van der Waals surface area (Å²) in [6.45, 7) is 7.17. The molecule has 1 aromatic rings. The second-order valence-corrected chi connectivity index (χ2v) is 6.65. The lowest BCUT2D eigenvalue weighted by Gasteiger charge is -2.45. The maximum absolute atomic E-state index is 13.7. The van der Waals surface area contributed by atoms with E-state index in [4.69, 9.17) is 4.74 Å². The number of aliphatic carboxylic acids is 1. The van der Waals surface area contributed by atoms with Gasteiger partial charge in [0.1, 0.15) is 12.0 Å². The number of rotatable bonds is 5. The minimum Gasteiger partial charge on any atom is -0.478 e. The summed E-state index contributed by atoms with van der Waals surface area (Å²) >= 11 is 0. The van der Waals surface area contributed by atoms with Crippen LogP contribution in [0.2, 0.25) is 0 Å². The Morgan fingerprint density at radius 3 is 2.69 bits per heavy atom. The van der Waals surface area contributed by atoms with Crippen molar-refractivity contribution in [2.45, 2.75) is 33.0 Å². The van der Waals surface area contributed by atoms with Crippen LogP contribution in [0.1, 0.15) is 25.8 Å². The monoisotopic (exact) mass is 360 g/mol. The van der Waals surface area contributed by atoms with Crippen LogP contribution in [0.25, 0.3) is 0 Å². The standard InChI is InChI=1S/C20H25FN2O3/c1-3-17-19(20(24)25)14(2)11-18(22-7-9-26-10-8-22)23(17)13-15-5-4-6-16(21)12-15/h4-6,11-12,18H,3,7-10,13H2,1-2H3,(H,24,25). The summed E-state index contributed by atoms with van der Waals surface area (Å²) in [5, 5.41) is 9.72. The van der Waals surface area contributed by atoms with Crippen LogP contribution in [0.15, 0.2) is 47.2 Å². The van der Waals surface area contributed by atoms with Gasteiger partial charge in [0.05, 0.1) is 18.8 Å². The van der Waals surface area contributed by atoms with Crippen LogP contribution in [0, 0.1) is 5.82 Å². The molecule has 1 N–H and O–H groups in total. The van der Waals surface area contributed by atoms with Crippen LogP contribution < -0.4 is 0 Å². The highest BCUT2D eigenvalue weighted by Gasteiger charge is 2.33. The SMILES string of the molecule is CCC1=C(C(=O)O)C(C)=CC(N2CCOCC2)N1Cc1cccc(F)c1. The van der Waals surface area contributed by atoms with Crippen molar-refractivity contribution >= 4 is 5.97 Å². The van der Waals surface area contributed by atoms with Crippen LogP contribution in [0.4, 0.5) is 4.39 Å². The number of hydrogen-bond donors (Lipinski definition) is 1. The van der Waals surface area contributed by atoms with Crippen LogP contribution in [-0.2, 0) is 16.1 Å². The molecule has 26 heavy (non-hydrogen) atoms. The summed E-state index contributed by atoms with van der Waals surface area (Å²) in [6.07, 6.45) is 2.55. The van der Waals surface area contributed by atoms with Gasteiger partial charge in [-0.15, -0.1) is 0 Å². The number of nitrogens with zero attached hydrogens (tertiary/aromatic N) is 2. The van der Waals surface area contributed by atoms with Crippen molar-refractivity contribution in [3.05, 3.63) is 58.6 Å². The summed E-state index contributed by atoms with van der Waals surface area (Å²) in [6, 6.07) is 6.49. The lowest BCUT2D eigenvalue weighted by atomic mass is 9.96. The van der Waals surface area contributed by atoms with E-state index >= 15 is 0 Å². The first kappa shape index (κ1) is 18.6. The average Bonchev–Trinajstić information content (AvgIpc) is 2.63. The third-order valence-corrected chi connectivity index (χ3v) is 4.96. The summed E-state index contributed by atoms with van der Waals surface area (Å²) in [5.41, 5.74) is 2.75. The van der Waals surface area contributed by atoms with Crippen LogP contribution in [0.3, 0.4) is 0 Å². The molecule has 140 valence electrons. The van der Waals surface area contributed by atoms with E-state index in [9.17, 15) is 14.3 Å². The molecule has 0 bridgehead atoms. The van der Waals surface area contributed by atoms with Crippen LogP contribution in [0.5, 0.6) is 0 Å². The van der Waals surface area contributed by atoms with Gasteiger partial charge in [-0.1, -0.05) is 19.1 Å². The molecular weight excluding hydrogens is 335 g/mol. The van der Waals surface area contributed by atoms with E-state index < -0.39 is 5.97 Å². The van der Waals surface area contributed by atoms with Gasteiger partial charge in [0.15, 0.2) is 0 Å². The van der Waals surface area contributed by atoms with E-state index in [1.165, 1.54) is 12.1 Å². The molecule has 2 heterocycles. The molecule has 5 nitrogen and oxygen atoms in total. The Kier molecular flexibility index (Phi) is 5.74. The molecule has 0 aliphatic carbocycles. The fraction of sp³-hybridized carbons (Fsp3) is 0.450. The molecule has 0 aromatic heterocycles. The first-order valence-electron chi connectivity index (χ1n) is 8.99. The van der Waals surface area contributed by atoms with Crippen molar-refractivity contribution in [2.75, 3.05) is 26.3 Å². The summed E-state index contributed by atoms with van der Waals surface area (Å²) < 4.78 is 19.1. The first-order valence-corrected chi connectivity index (χ1v) is 8.99. The number of hydrogen-bond acceptors (Lipinski definition) is 4. The molecule has 1 unspecified atom stereocenters. The maximum atomic E-state index is 13.7. The number of benzene rings is 1. The fourth-order valence-electron chi connectivity index (χ4n) is 3.77. The molecule has 1 aromatic carbocycles. The van der Waals surface area contributed by atoms with Crippen molar-refractivity contribution in [1.82, 2.24) is 9.80 Å². The average molecular weight is 360 g/mol. The molecule has 2 aliphatic rings. The zero-order valence-electron chi connectivity index (χ0n) is 15.2. The van der Waals surface area contributed by atoms with E-state index in [0.717, 1.165) is 29.9 Å². The second-order valence-electron chi connectivity index (χ2n) is 6.65. The van der Waals surface area contributed by atoms with Crippen molar-refractivity contribution in [3.63, 3.8) is 0 Å². The number of halogens is 1. The molecule has 0 spiro atoms. The van der Waals surface area contributed by atoms with E-state index in [1.54, 1.807) is 6.07 Å². The zero-order chi connectivity index (χ0) is 18.7. The highest BCUT2D eigenvalue weighted by molar-refractivity contribution is 5.92. The molecule has 3 rings (SSSR count). The Hall–Kier alpha value is -2.18. The molecule has 0 amide bonds. The van der Waals surface area contributed by atoms with Gasteiger partial charge in [0, 0.05) is 25.3 Å². The minimum absolute atomic E-state index is 0.0554. The van der Waals surface area contributed by atoms with Gasteiger partial charge in [0.2, 0.25) is 0 Å². The fourth-order valence-corrected chi connectivity index (χ4v) is 3.77. The van der Waals surface area contributed by atoms with E-state index in [-0.39, 0.29) is 12.0 Å². The minimum atomic E-state index is -0.916. The van der Waals surface area contributed by atoms with Gasteiger partial charge in [-0.25, -0.2) is 9.18 Å².